The van der Waals surface area contributed by atoms with E-state index in [4.69, 9.17) is 0 Å². The molecule has 84 valence electrons. The van der Waals surface area contributed by atoms with Gasteiger partial charge in [-0.15, -0.1) is 0 Å². The smallest absolute Gasteiger partial charge is 0.109 e. The van der Waals surface area contributed by atoms with Gasteiger partial charge in [-0.2, -0.15) is 5.10 Å². The SMILES string of the molecule is CCCn1nccc1C1(O)CCCC1C. The van der Waals surface area contributed by atoms with Crippen molar-refractivity contribution >= 4 is 0 Å². The van der Waals surface area contributed by atoms with Gasteiger partial charge in [-0.1, -0.05) is 13.8 Å². The lowest BCUT2D eigenvalue weighted by Gasteiger charge is -2.28. The van der Waals surface area contributed by atoms with Crippen molar-refractivity contribution in [2.75, 3.05) is 0 Å². The summed E-state index contributed by atoms with van der Waals surface area (Å²) >= 11 is 0. The van der Waals surface area contributed by atoms with E-state index < -0.39 is 5.60 Å². The molecule has 0 radical (unpaired) electrons. The predicted octanol–water partition coefficient (Wildman–Crippen LogP) is 2.30. The Balaban J connectivity index is 2.31. The number of rotatable bonds is 3. The predicted molar refractivity (Wildman–Crippen MR) is 59.4 cm³/mol. The second kappa shape index (κ2) is 3.97. The number of nitrogens with zero attached hydrogens (tertiary/aromatic N) is 2. The molecule has 1 saturated carbocycles. The molecule has 0 aromatic carbocycles. The molecule has 2 atom stereocenters. The zero-order valence-electron chi connectivity index (χ0n) is 9.61. The van der Waals surface area contributed by atoms with Crippen LogP contribution >= 0.6 is 0 Å². The Bertz CT molecular complexity index is 334. The van der Waals surface area contributed by atoms with E-state index in [2.05, 4.69) is 18.9 Å². The summed E-state index contributed by atoms with van der Waals surface area (Å²) in [5, 5.41) is 15.0. The lowest BCUT2D eigenvalue weighted by molar-refractivity contribution is -0.00413. The van der Waals surface area contributed by atoms with Crippen LogP contribution in [0, 0.1) is 5.92 Å². The van der Waals surface area contributed by atoms with Crippen LogP contribution in [0.1, 0.15) is 45.2 Å². The van der Waals surface area contributed by atoms with Gasteiger partial charge in [0.05, 0.1) is 5.69 Å². The van der Waals surface area contributed by atoms with Gasteiger partial charge in [-0.05, 0) is 37.7 Å². The molecule has 2 rings (SSSR count). The van der Waals surface area contributed by atoms with E-state index in [1.165, 1.54) is 0 Å². The molecule has 0 aliphatic heterocycles. The van der Waals surface area contributed by atoms with Crippen molar-refractivity contribution in [1.82, 2.24) is 9.78 Å². The van der Waals surface area contributed by atoms with E-state index >= 15 is 0 Å². The van der Waals surface area contributed by atoms with Gasteiger partial charge in [-0.25, -0.2) is 0 Å². The van der Waals surface area contributed by atoms with Gasteiger partial charge in [0.15, 0.2) is 0 Å². The van der Waals surface area contributed by atoms with Crippen molar-refractivity contribution in [3.63, 3.8) is 0 Å². The third-order valence-corrected chi connectivity index (χ3v) is 3.61. The molecule has 1 aliphatic rings. The van der Waals surface area contributed by atoms with Crippen molar-refractivity contribution in [2.24, 2.45) is 5.92 Å². The standard InChI is InChI=1S/C12H20N2O/c1-3-9-14-11(6-8-13-14)12(15)7-4-5-10(12)2/h6,8,10,15H,3-5,7,9H2,1-2H3. The summed E-state index contributed by atoms with van der Waals surface area (Å²) in [4.78, 5) is 0. The minimum Gasteiger partial charge on any atom is -0.383 e. The Hall–Kier alpha value is -0.830. The molecular weight excluding hydrogens is 188 g/mol. The zero-order chi connectivity index (χ0) is 10.9. The fourth-order valence-corrected chi connectivity index (χ4v) is 2.63. The van der Waals surface area contributed by atoms with E-state index in [0.29, 0.717) is 5.92 Å². The first kappa shape index (κ1) is 10.7. The van der Waals surface area contributed by atoms with E-state index in [9.17, 15) is 5.11 Å². The number of aromatic nitrogens is 2. The normalized spacial score (nSPS) is 31.0. The first-order valence-electron chi connectivity index (χ1n) is 5.93. The fourth-order valence-electron chi connectivity index (χ4n) is 2.63. The molecule has 1 fully saturated rings. The number of aliphatic hydroxyl groups is 1. The Labute approximate surface area is 91.1 Å². The topological polar surface area (TPSA) is 38.0 Å². The molecular formula is C12H20N2O. The summed E-state index contributed by atoms with van der Waals surface area (Å²) in [6, 6.07) is 1.97. The Kier molecular flexibility index (Phi) is 2.83. The molecule has 1 N–H and O–H groups in total. The van der Waals surface area contributed by atoms with Crippen molar-refractivity contribution in [1.29, 1.82) is 0 Å². The fraction of sp³-hybridized carbons (Fsp3) is 0.750. The van der Waals surface area contributed by atoms with Gasteiger partial charge < -0.3 is 5.11 Å². The van der Waals surface area contributed by atoms with Crippen LogP contribution in [0.25, 0.3) is 0 Å². The lowest BCUT2D eigenvalue weighted by Crippen LogP contribution is -2.31. The van der Waals surface area contributed by atoms with Crippen LogP contribution in [0.15, 0.2) is 12.3 Å². The Morgan fingerprint density at radius 1 is 1.67 bits per heavy atom. The molecule has 0 saturated heterocycles. The van der Waals surface area contributed by atoms with Gasteiger partial charge in [0, 0.05) is 12.7 Å². The molecule has 3 nitrogen and oxygen atoms in total. The van der Waals surface area contributed by atoms with Gasteiger partial charge in [0.25, 0.3) is 0 Å². The first-order valence-corrected chi connectivity index (χ1v) is 5.93. The van der Waals surface area contributed by atoms with E-state index in [1.807, 2.05) is 10.7 Å². The van der Waals surface area contributed by atoms with Gasteiger partial charge >= 0.3 is 0 Å². The van der Waals surface area contributed by atoms with Crippen molar-refractivity contribution in [3.05, 3.63) is 18.0 Å². The van der Waals surface area contributed by atoms with Crippen LogP contribution in [0.4, 0.5) is 0 Å². The summed E-state index contributed by atoms with van der Waals surface area (Å²) in [5.74, 6) is 0.352. The molecule has 3 heteroatoms. The van der Waals surface area contributed by atoms with E-state index in [-0.39, 0.29) is 0 Å². The largest absolute Gasteiger partial charge is 0.383 e. The lowest BCUT2D eigenvalue weighted by atomic mass is 9.89. The van der Waals surface area contributed by atoms with Gasteiger partial charge in [0.1, 0.15) is 5.60 Å². The van der Waals surface area contributed by atoms with E-state index in [0.717, 1.165) is 37.9 Å². The quantitative estimate of drug-likeness (QED) is 0.827. The zero-order valence-corrected chi connectivity index (χ0v) is 9.61. The maximum absolute atomic E-state index is 10.7. The average molecular weight is 208 g/mol. The third-order valence-electron chi connectivity index (χ3n) is 3.61. The summed E-state index contributed by atoms with van der Waals surface area (Å²) in [5.41, 5.74) is 0.375. The van der Waals surface area contributed by atoms with Gasteiger partial charge in [-0.3, -0.25) is 4.68 Å². The molecule has 0 amide bonds. The third kappa shape index (κ3) is 1.69. The van der Waals surface area contributed by atoms with Crippen LogP contribution in [-0.4, -0.2) is 14.9 Å². The van der Waals surface area contributed by atoms with Gasteiger partial charge in [0.2, 0.25) is 0 Å². The van der Waals surface area contributed by atoms with Crippen LogP contribution < -0.4 is 0 Å². The molecule has 0 spiro atoms. The molecule has 1 heterocycles. The highest BCUT2D eigenvalue weighted by molar-refractivity contribution is 5.15. The summed E-state index contributed by atoms with van der Waals surface area (Å²) < 4.78 is 1.96. The molecule has 1 aromatic rings. The monoisotopic (exact) mass is 208 g/mol. The molecule has 1 aromatic heterocycles. The van der Waals surface area contributed by atoms with Crippen molar-refractivity contribution < 1.29 is 5.11 Å². The van der Waals surface area contributed by atoms with Crippen LogP contribution in [0.2, 0.25) is 0 Å². The molecule has 2 unspecified atom stereocenters. The Morgan fingerprint density at radius 2 is 2.47 bits per heavy atom. The van der Waals surface area contributed by atoms with E-state index in [1.54, 1.807) is 6.20 Å². The highest BCUT2D eigenvalue weighted by Gasteiger charge is 2.41. The number of hydrogen-bond donors (Lipinski definition) is 1. The molecule has 0 bridgehead atoms. The minimum atomic E-state index is -0.633. The number of aryl methyl sites for hydroxylation is 1. The highest BCUT2D eigenvalue weighted by atomic mass is 16.3. The van der Waals surface area contributed by atoms with Crippen molar-refractivity contribution in [3.8, 4) is 0 Å². The first-order chi connectivity index (χ1) is 7.18. The summed E-state index contributed by atoms with van der Waals surface area (Å²) in [6.45, 7) is 5.17. The second-order valence-electron chi connectivity index (χ2n) is 4.66. The second-order valence-corrected chi connectivity index (χ2v) is 4.66. The van der Waals surface area contributed by atoms with Crippen molar-refractivity contribution in [2.45, 2.75) is 51.7 Å². The molecule has 15 heavy (non-hydrogen) atoms. The maximum atomic E-state index is 10.7. The van der Waals surface area contributed by atoms with Crippen LogP contribution in [0.5, 0.6) is 0 Å². The maximum Gasteiger partial charge on any atom is 0.109 e. The Morgan fingerprint density at radius 3 is 3.07 bits per heavy atom. The summed E-state index contributed by atoms with van der Waals surface area (Å²) in [7, 11) is 0. The average Bonchev–Trinajstić information content (AvgIpc) is 2.77. The summed E-state index contributed by atoms with van der Waals surface area (Å²) in [6.07, 6.45) is 5.97. The minimum absolute atomic E-state index is 0.352. The van der Waals surface area contributed by atoms with Crippen LogP contribution in [-0.2, 0) is 12.1 Å². The highest BCUT2D eigenvalue weighted by Crippen LogP contribution is 2.43. The molecule has 1 aliphatic carbocycles. The number of hydrogen-bond acceptors (Lipinski definition) is 2. The van der Waals surface area contributed by atoms with Crippen LogP contribution in [0.3, 0.4) is 0 Å².